The van der Waals surface area contributed by atoms with Crippen LogP contribution in [0.3, 0.4) is 0 Å². The number of amides is 1. The Morgan fingerprint density at radius 3 is 2.43 bits per heavy atom. The third-order valence-corrected chi connectivity index (χ3v) is 5.48. The average Bonchev–Trinajstić information content (AvgIpc) is 2.88. The van der Waals surface area contributed by atoms with Crippen LogP contribution in [0.5, 0.6) is 0 Å². The van der Waals surface area contributed by atoms with Gasteiger partial charge in [0.1, 0.15) is 9.71 Å². The molecule has 114 valence electrons. The van der Waals surface area contributed by atoms with Crippen LogP contribution in [0.1, 0.15) is 47.5 Å². The molecular formula is C15H22N4OS. The van der Waals surface area contributed by atoms with Gasteiger partial charge in [-0.2, -0.15) is 5.10 Å². The van der Waals surface area contributed by atoms with Crippen molar-refractivity contribution < 1.29 is 4.79 Å². The second kappa shape index (κ2) is 5.67. The van der Waals surface area contributed by atoms with E-state index in [1.54, 1.807) is 0 Å². The Kier molecular flexibility index (Phi) is 3.89. The van der Waals surface area contributed by atoms with Crippen LogP contribution >= 0.6 is 11.3 Å². The van der Waals surface area contributed by atoms with E-state index < -0.39 is 0 Å². The number of fused-ring (bicyclic) bond motifs is 1. The fourth-order valence-electron chi connectivity index (χ4n) is 3.08. The molecule has 0 spiro atoms. The number of aryl methyl sites for hydroxylation is 2. The summed E-state index contributed by atoms with van der Waals surface area (Å²) in [5.74, 6) is 0.0926. The van der Waals surface area contributed by atoms with Gasteiger partial charge < -0.3 is 10.6 Å². The van der Waals surface area contributed by atoms with Crippen LogP contribution in [-0.4, -0.2) is 33.7 Å². The second-order valence-corrected chi connectivity index (χ2v) is 6.79. The lowest BCUT2D eigenvalue weighted by Crippen LogP contribution is -2.33. The van der Waals surface area contributed by atoms with Gasteiger partial charge >= 0.3 is 0 Å². The molecule has 6 heteroatoms. The number of nitrogens with two attached hydrogens (primary N) is 1. The van der Waals surface area contributed by atoms with Gasteiger partial charge in [0.2, 0.25) is 0 Å². The summed E-state index contributed by atoms with van der Waals surface area (Å²) in [6.07, 6.45) is 5.91. The van der Waals surface area contributed by atoms with Gasteiger partial charge in [0, 0.05) is 20.1 Å². The molecule has 2 N–H and O–H groups in total. The molecule has 0 atom stereocenters. The summed E-state index contributed by atoms with van der Waals surface area (Å²) in [4.78, 5) is 16.4. The SMILES string of the molecule is Cc1nn(C)c2sc(C(=O)N3CCCCCCC3)c(N)c12. The predicted molar refractivity (Wildman–Crippen MR) is 86.7 cm³/mol. The van der Waals surface area contributed by atoms with E-state index in [9.17, 15) is 4.79 Å². The predicted octanol–water partition coefficient (Wildman–Crippen LogP) is 2.93. The Balaban J connectivity index is 1.93. The smallest absolute Gasteiger partial charge is 0.266 e. The van der Waals surface area contributed by atoms with Gasteiger partial charge in [0.05, 0.1) is 16.8 Å². The van der Waals surface area contributed by atoms with Crippen LogP contribution < -0.4 is 5.73 Å². The highest BCUT2D eigenvalue weighted by Crippen LogP contribution is 2.36. The van der Waals surface area contributed by atoms with E-state index in [0.29, 0.717) is 10.6 Å². The van der Waals surface area contributed by atoms with Crippen LogP contribution in [0, 0.1) is 6.92 Å². The van der Waals surface area contributed by atoms with E-state index in [1.165, 1.54) is 30.6 Å². The van der Waals surface area contributed by atoms with Gasteiger partial charge in [-0.15, -0.1) is 11.3 Å². The van der Waals surface area contributed by atoms with E-state index in [1.807, 2.05) is 23.6 Å². The minimum absolute atomic E-state index is 0.0926. The lowest BCUT2D eigenvalue weighted by molar-refractivity contribution is 0.0748. The highest BCUT2D eigenvalue weighted by atomic mass is 32.1. The molecule has 0 aliphatic carbocycles. The number of carbonyl (C=O) groups excluding carboxylic acids is 1. The fourth-order valence-corrected chi connectivity index (χ4v) is 4.24. The molecule has 5 nitrogen and oxygen atoms in total. The number of rotatable bonds is 1. The number of nitrogens with zero attached hydrogens (tertiary/aromatic N) is 3. The standard InChI is InChI=1S/C15H22N4OS/c1-10-11-12(16)13(21-15(11)18(2)17-10)14(20)19-8-6-4-3-5-7-9-19/h3-9,16H2,1-2H3. The van der Waals surface area contributed by atoms with Crippen LogP contribution in [0.25, 0.3) is 10.2 Å². The molecule has 0 bridgehead atoms. The molecule has 0 unspecified atom stereocenters. The maximum Gasteiger partial charge on any atom is 0.266 e. The molecule has 3 heterocycles. The Bertz CT molecular complexity index is 665. The molecule has 2 aromatic rings. The van der Waals surface area contributed by atoms with Gasteiger partial charge in [-0.3, -0.25) is 9.48 Å². The normalized spacial score (nSPS) is 17.0. The van der Waals surface area contributed by atoms with Crippen molar-refractivity contribution in [2.75, 3.05) is 18.8 Å². The maximum atomic E-state index is 12.8. The van der Waals surface area contributed by atoms with Crippen molar-refractivity contribution in [1.82, 2.24) is 14.7 Å². The zero-order valence-corrected chi connectivity index (χ0v) is 13.5. The molecule has 1 fully saturated rings. The molecular weight excluding hydrogens is 284 g/mol. The Labute approximate surface area is 128 Å². The summed E-state index contributed by atoms with van der Waals surface area (Å²) < 4.78 is 1.82. The topological polar surface area (TPSA) is 64.2 Å². The van der Waals surface area contributed by atoms with E-state index in [-0.39, 0.29) is 5.91 Å². The van der Waals surface area contributed by atoms with Gasteiger partial charge in [-0.05, 0) is 19.8 Å². The molecule has 1 aliphatic rings. The van der Waals surface area contributed by atoms with Crippen LogP contribution in [-0.2, 0) is 7.05 Å². The Morgan fingerprint density at radius 1 is 1.19 bits per heavy atom. The molecule has 2 aromatic heterocycles. The third-order valence-electron chi connectivity index (χ3n) is 4.22. The average molecular weight is 306 g/mol. The molecule has 0 radical (unpaired) electrons. The summed E-state index contributed by atoms with van der Waals surface area (Å²) in [6, 6.07) is 0. The number of aromatic nitrogens is 2. The zero-order chi connectivity index (χ0) is 15.0. The van der Waals surface area contributed by atoms with E-state index in [0.717, 1.165) is 41.8 Å². The highest BCUT2D eigenvalue weighted by Gasteiger charge is 2.25. The number of likely N-dealkylation sites (tertiary alicyclic amines) is 1. The van der Waals surface area contributed by atoms with Gasteiger partial charge in [-0.1, -0.05) is 19.3 Å². The summed E-state index contributed by atoms with van der Waals surface area (Å²) in [5.41, 5.74) is 7.74. The number of hydrogen-bond donors (Lipinski definition) is 1. The third kappa shape index (κ3) is 2.52. The van der Waals surface area contributed by atoms with Crippen molar-refractivity contribution in [2.45, 2.75) is 39.0 Å². The van der Waals surface area contributed by atoms with Gasteiger partial charge in [0.25, 0.3) is 5.91 Å². The largest absolute Gasteiger partial charge is 0.397 e. The van der Waals surface area contributed by atoms with Crippen molar-refractivity contribution in [2.24, 2.45) is 7.05 Å². The number of anilines is 1. The molecule has 1 saturated heterocycles. The molecule has 0 aromatic carbocycles. The van der Waals surface area contributed by atoms with Gasteiger partial charge in [0.15, 0.2) is 0 Å². The second-order valence-electron chi connectivity index (χ2n) is 5.79. The Hall–Kier alpha value is -1.56. The molecule has 21 heavy (non-hydrogen) atoms. The van der Waals surface area contributed by atoms with Crippen molar-refractivity contribution in [3.63, 3.8) is 0 Å². The van der Waals surface area contributed by atoms with Crippen LogP contribution in [0.2, 0.25) is 0 Å². The lowest BCUT2D eigenvalue weighted by Gasteiger charge is -2.24. The first-order chi connectivity index (χ1) is 10.1. The molecule has 0 saturated carbocycles. The van der Waals surface area contributed by atoms with Crippen molar-refractivity contribution in [3.05, 3.63) is 10.6 Å². The molecule has 3 rings (SSSR count). The van der Waals surface area contributed by atoms with Crippen LogP contribution in [0.15, 0.2) is 0 Å². The highest BCUT2D eigenvalue weighted by molar-refractivity contribution is 7.21. The number of nitrogen functional groups attached to an aromatic ring is 1. The molecule has 1 amide bonds. The Morgan fingerprint density at radius 2 is 1.81 bits per heavy atom. The van der Waals surface area contributed by atoms with Crippen LogP contribution in [0.4, 0.5) is 5.69 Å². The minimum atomic E-state index is 0.0926. The number of carbonyl (C=O) groups is 1. The quantitative estimate of drug-likeness (QED) is 0.881. The monoisotopic (exact) mass is 306 g/mol. The van der Waals surface area contributed by atoms with E-state index >= 15 is 0 Å². The first kappa shape index (κ1) is 14.4. The first-order valence-corrected chi connectivity index (χ1v) is 8.42. The van der Waals surface area contributed by atoms with E-state index in [4.69, 9.17) is 5.73 Å². The van der Waals surface area contributed by atoms with Crippen molar-refractivity contribution >= 4 is 33.1 Å². The lowest BCUT2D eigenvalue weighted by atomic mass is 10.1. The number of hydrogen-bond acceptors (Lipinski definition) is 4. The van der Waals surface area contributed by atoms with Crippen molar-refractivity contribution in [1.29, 1.82) is 0 Å². The summed E-state index contributed by atoms with van der Waals surface area (Å²) in [7, 11) is 1.90. The fraction of sp³-hybridized carbons (Fsp3) is 0.600. The zero-order valence-electron chi connectivity index (χ0n) is 12.7. The number of thiophene rings is 1. The first-order valence-electron chi connectivity index (χ1n) is 7.60. The summed E-state index contributed by atoms with van der Waals surface area (Å²) in [5, 5.41) is 5.32. The van der Waals surface area contributed by atoms with Crippen molar-refractivity contribution in [3.8, 4) is 0 Å². The van der Waals surface area contributed by atoms with E-state index in [2.05, 4.69) is 5.10 Å². The summed E-state index contributed by atoms with van der Waals surface area (Å²) >= 11 is 1.47. The minimum Gasteiger partial charge on any atom is -0.397 e. The van der Waals surface area contributed by atoms with Gasteiger partial charge in [-0.25, -0.2) is 0 Å². The summed E-state index contributed by atoms with van der Waals surface area (Å²) in [6.45, 7) is 3.64. The maximum absolute atomic E-state index is 12.8. The molecule has 1 aliphatic heterocycles.